The van der Waals surface area contributed by atoms with Gasteiger partial charge in [0.2, 0.25) is 0 Å². The van der Waals surface area contributed by atoms with Crippen LogP contribution >= 0.6 is 0 Å². The van der Waals surface area contributed by atoms with E-state index in [1.807, 2.05) is 12.1 Å². The normalized spacial score (nSPS) is 32.4. The van der Waals surface area contributed by atoms with Gasteiger partial charge < -0.3 is 19.1 Å². The van der Waals surface area contributed by atoms with Crippen molar-refractivity contribution in [3.8, 4) is 0 Å². The summed E-state index contributed by atoms with van der Waals surface area (Å²) in [5, 5.41) is 0. The Morgan fingerprint density at radius 1 is 1.07 bits per heavy atom. The number of carbonyl (C=O) groups is 3. The Morgan fingerprint density at radius 3 is 2.40 bits per heavy atom. The van der Waals surface area contributed by atoms with Gasteiger partial charge >= 0.3 is 17.9 Å². The van der Waals surface area contributed by atoms with E-state index in [0.717, 1.165) is 57.4 Å². The van der Waals surface area contributed by atoms with Crippen LogP contribution in [0.5, 0.6) is 0 Å². The monoisotopic (exact) mass is 578 g/mol. The number of carbonyl (C=O) groups excluding carboxylic acids is 3. The SMILES string of the molecule is C=C1CC[C@H]2[C@](C)(COC(C)=O)[C@H](OC(C)=O)CC[C@@]2(C)[C@@H]1C[C@H](C1=CCOC1=O)N1CCN(c2ccccc2)CC1. The summed E-state index contributed by atoms with van der Waals surface area (Å²) >= 11 is 0. The molecule has 0 aromatic heterocycles. The molecule has 0 unspecified atom stereocenters. The summed E-state index contributed by atoms with van der Waals surface area (Å²) in [5.74, 6) is -0.554. The summed E-state index contributed by atoms with van der Waals surface area (Å²) in [4.78, 5) is 41.9. The van der Waals surface area contributed by atoms with Crippen molar-refractivity contribution in [2.75, 3.05) is 44.3 Å². The fraction of sp³-hybridized carbons (Fsp3) is 0.618. The van der Waals surface area contributed by atoms with E-state index in [4.69, 9.17) is 14.2 Å². The first kappa shape index (κ1) is 30.3. The summed E-state index contributed by atoms with van der Waals surface area (Å²) < 4.78 is 16.9. The minimum absolute atomic E-state index is 0.0684. The lowest BCUT2D eigenvalue weighted by Crippen LogP contribution is -2.59. The number of ether oxygens (including phenoxy) is 3. The van der Waals surface area contributed by atoms with Crippen LogP contribution in [0.2, 0.25) is 0 Å². The van der Waals surface area contributed by atoms with Crippen molar-refractivity contribution in [3.05, 3.63) is 54.1 Å². The Kier molecular flexibility index (Phi) is 8.83. The molecule has 0 amide bonds. The highest BCUT2D eigenvalue weighted by Gasteiger charge is 2.60. The molecule has 0 N–H and O–H groups in total. The van der Waals surface area contributed by atoms with Crippen LogP contribution in [0.3, 0.4) is 0 Å². The van der Waals surface area contributed by atoms with Gasteiger partial charge in [-0.2, -0.15) is 0 Å². The molecule has 228 valence electrons. The van der Waals surface area contributed by atoms with E-state index in [-0.39, 0.29) is 53.9 Å². The van der Waals surface area contributed by atoms with E-state index in [2.05, 4.69) is 54.5 Å². The molecule has 4 aliphatic rings. The molecule has 1 saturated heterocycles. The number of anilines is 1. The average molecular weight is 579 g/mol. The van der Waals surface area contributed by atoms with Gasteiger partial charge in [-0.05, 0) is 67.6 Å². The van der Waals surface area contributed by atoms with E-state index in [1.54, 1.807) is 0 Å². The van der Waals surface area contributed by atoms with E-state index in [1.165, 1.54) is 25.1 Å². The molecule has 2 aliphatic heterocycles. The highest BCUT2D eigenvalue weighted by Crippen LogP contribution is 2.63. The number of allylic oxidation sites excluding steroid dienone is 1. The standard InChI is InChI=1S/C34H46N2O6/c1-23-11-12-30-33(4,15-13-31(42-25(3)38)34(30,5)22-41-24(2)37)28(23)21-29(27-14-20-40-32(27)39)36-18-16-35(17-19-36)26-9-7-6-8-10-26/h6-10,14,28-31H,1,11-13,15-22H2,2-5H3/t28-,29-,30-,31-,33+,34+/m1/s1. The minimum atomic E-state index is -0.522. The molecule has 8 heteroatoms. The number of rotatable bonds is 8. The molecular formula is C34H46N2O6. The van der Waals surface area contributed by atoms with Crippen molar-refractivity contribution in [1.82, 2.24) is 4.90 Å². The number of cyclic esters (lactones) is 1. The number of hydrogen-bond acceptors (Lipinski definition) is 8. The van der Waals surface area contributed by atoms with E-state index >= 15 is 0 Å². The van der Waals surface area contributed by atoms with Crippen LogP contribution in [0.25, 0.3) is 0 Å². The van der Waals surface area contributed by atoms with Gasteiger partial charge in [0.1, 0.15) is 19.3 Å². The van der Waals surface area contributed by atoms with E-state index in [9.17, 15) is 14.4 Å². The largest absolute Gasteiger partial charge is 0.465 e. The molecular weight excluding hydrogens is 532 g/mol. The van der Waals surface area contributed by atoms with E-state index < -0.39 is 5.41 Å². The summed E-state index contributed by atoms with van der Waals surface area (Å²) in [6.07, 6.45) is 5.72. The third-order valence-corrected chi connectivity index (χ3v) is 10.7. The van der Waals surface area contributed by atoms with Crippen LogP contribution < -0.4 is 4.90 Å². The molecule has 6 atom stereocenters. The first-order chi connectivity index (χ1) is 20.0. The molecule has 42 heavy (non-hydrogen) atoms. The van der Waals surface area contributed by atoms with Gasteiger partial charge in [0, 0.05) is 57.2 Å². The number of esters is 3. The smallest absolute Gasteiger partial charge is 0.335 e. The molecule has 0 spiro atoms. The van der Waals surface area contributed by atoms with Gasteiger partial charge in [-0.15, -0.1) is 0 Å². The lowest BCUT2D eigenvalue weighted by atomic mass is 9.45. The Hall–Kier alpha value is -3.13. The van der Waals surface area contributed by atoms with Crippen LogP contribution in [-0.2, 0) is 28.6 Å². The topological polar surface area (TPSA) is 85.4 Å². The molecule has 2 aliphatic carbocycles. The van der Waals surface area contributed by atoms with Crippen molar-refractivity contribution in [2.24, 2.45) is 22.7 Å². The summed E-state index contributed by atoms with van der Waals surface area (Å²) in [6, 6.07) is 10.4. The maximum Gasteiger partial charge on any atom is 0.335 e. The molecule has 8 nitrogen and oxygen atoms in total. The third kappa shape index (κ3) is 5.87. The third-order valence-electron chi connectivity index (χ3n) is 10.7. The first-order valence-corrected chi connectivity index (χ1v) is 15.4. The summed E-state index contributed by atoms with van der Waals surface area (Å²) in [5.41, 5.74) is 2.52. The lowest BCUT2D eigenvalue weighted by molar-refractivity contribution is -0.192. The van der Waals surface area contributed by atoms with Crippen LogP contribution in [0.15, 0.2) is 54.1 Å². The highest BCUT2D eigenvalue weighted by molar-refractivity contribution is 5.91. The molecule has 0 bridgehead atoms. The molecule has 3 fully saturated rings. The van der Waals surface area contributed by atoms with Gasteiger partial charge in [0.05, 0.1) is 5.57 Å². The predicted molar refractivity (Wildman–Crippen MR) is 161 cm³/mol. The molecule has 1 aromatic rings. The fourth-order valence-electron chi connectivity index (χ4n) is 8.52. The Bertz CT molecular complexity index is 1220. The van der Waals surface area contributed by atoms with Crippen LogP contribution in [0.1, 0.15) is 59.8 Å². The van der Waals surface area contributed by atoms with Crippen LogP contribution in [-0.4, -0.2) is 74.3 Å². The van der Waals surface area contributed by atoms with Gasteiger partial charge in [0.15, 0.2) is 0 Å². The van der Waals surface area contributed by atoms with Crippen LogP contribution in [0, 0.1) is 22.7 Å². The van der Waals surface area contributed by atoms with Gasteiger partial charge in [-0.3, -0.25) is 14.5 Å². The second kappa shape index (κ2) is 12.2. The van der Waals surface area contributed by atoms with Gasteiger partial charge in [-0.25, -0.2) is 4.79 Å². The highest BCUT2D eigenvalue weighted by atomic mass is 16.6. The average Bonchev–Trinajstić information content (AvgIpc) is 3.39. The van der Waals surface area contributed by atoms with Crippen molar-refractivity contribution in [2.45, 2.75) is 71.9 Å². The van der Waals surface area contributed by atoms with Crippen LogP contribution in [0.4, 0.5) is 5.69 Å². The Morgan fingerprint density at radius 2 is 1.79 bits per heavy atom. The number of hydrogen-bond donors (Lipinski definition) is 0. The van der Waals surface area contributed by atoms with Crippen molar-refractivity contribution in [3.63, 3.8) is 0 Å². The van der Waals surface area contributed by atoms with Gasteiger partial charge in [0.25, 0.3) is 0 Å². The molecule has 2 heterocycles. The maximum absolute atomic E-state index is 13.0. The van der Waals surface area contributed by atoms with Crippen molar-refractivity contribution >= 4 is 23.6 Å². The zero-order chi connectivity index (χ0) is 30.1. The quantitative estimate of drug-likeness (QED) is 0.244. The Labute approximate surface area is 250 Å². The molecule has 5 rings (SSSR count). The van der Waals surface area contributed by atoms with Gasteiger partial charge in [-0.1, -0.05) is 44.2 Å². The predicted octanol–water partition coefficient (Wildman–Crippen LogP) is 4.93. The number of nitrogens with zero attached hydrogens (tertiary/aromatic N) is 2. The maximum atomic E-state index is 13.0. The molecule has 2 saturated carbocycles. The second-order valence-corrected chi connectivity index (χ2v) is 13.1. The molecule has 0 radical (unpaired) electrons. The van der Waals surface area contributed by atoms with Crippen molar-refractivity contribution < 1.29 is 28.6 Å². The second-order valence-electron chi connectivity index (χ2n) is 13.1. The lowest BCUT2D eigenvalue weighted by Gasteiger charge is -2.61. The number of piperazine rings is 1. The Balaban J connectivity index is 1.42. The van der Waals surface area contributed by atoms with E-state index in [0.29, 0.717) is 13.0 Å². The first-order valence-electron chi connectivity index (χ1n) is 15.4. The summed E-state index contributed by atoms with van der Waals surface area (Å²) in [6.45, 7) is 15.9. The number of benzene rings is 1. The molecule has 1 aromatic carbocycles. The number of para-hydroxylation sites is 1. The summed E-state index contributed by atoms with van der Waals surface area (Å²) in [7, 11) is 0. The number of fused-ring (bicyclic) bond motifs is 1. The van der Waals surface area contributed by atoms with Crippen molar-refractivity contribution in [1.29, 1.82) is 0 Å². The zero-order valence-corrected chi connectivity index (χ0v) is 25.6. The minimum Gasteiger partial charge on any atom is -0.465 e. The fourth-order valence-corrected chi connectivity index (χ4v) is 8.52. The zero-order valence-electron chi connectivity index (χ0n) is 25.6.